The van der Waals surface area contributed by atoms with Crippen molar-refractivity contribution in [2.45, 2.75) is 19.4 Å². The van der Waals surface area contributed by atoms with E-state index in [9.17, 15) is 4.79 Å². The Morgan fingerprint density at radius 2 is 1.96 bits per heavy atom. The quantitative estimate of drug-likeness (QED) is 0.708. The van der Waals surface area contributed by atoms with E-state index in [-0.39, 0.29) is 16.6 Å². The summed E-state index contributed by atoms with van der Waals surface area (Å²) in [6, 6.07) is 9.81. The zero-order valence-electron chi connectivity index (χ0n) is 14.7. The summed E-state index contributed by atoms with van der Waals surface area (Å²) in [6.07, 6.45) is 5.44. The van der Waals surface area contributed by atoms with Crippen molar-refractivity contribution in [2.75, 3.05) is 18.0 Å². The lowest BCUT2D eigenvalue weighted by atomic mass is 10.1. The van der Waals surface area contributed by atoms with E-state index in [0.717, 1.165) is 42.8 Å². The fourth-order valence-electron chi connectivity index (χ4n) is 3.07. The highest BCUT2D eigenvalue weighted by atomic mass is 35.5. The van der Waals surface area contributed by atoms with E-state index in [2.05, 4.69) is 30.4 Å². The molecule has 138 valence electrons. The summed E-state index contributed by atoms with van der Waals surface area (Å²) in [5.74, 6) is 0.256. The molecule has 8 heteroatoms. The minimum Gasteiger partial charge on any atom is -0.347 e. The first kappa shape index (κ1) is 17.5. The molecule has 27 heavy (non-hydrogen) atoms. The number of benzene rings is 1. The minimum absolute atomic E-state index is 0.211. The average Bonchev–Trinajstić information content (AvgIpc) is 3.41. The Labute approximate surface area is 161 Å². The van der Waals surface area contributed by atoms with Crippen molar-refractivity contribution in [1.82, 2.24) is 25.5 Å². The number of hydrogen-bond donors (Lipinski definition) is 2. The molecule has 7 nitrogen and oxygen atoms in total. The van der Waals surface area contributed by atoms with E-state index in [1.807, 2.05) is 30.3 Å². The van der Waals surface area contributed by atoms with Gasteiger partial charge in [0.1, 0.15) is 0 Å². The Hall–Kier alpha value is -2.93. The van der Waals surface area contributed by atoms with E-state index in [1.54, 1.807) is 6.20 Å². The minimum atomic E-state index is -0.305. The van der Waals surface area contributed by atoms with Crippen LogP contribution in [0.3, 0.4) is 0 Å². The average molecular weight is 383 g/mol. The van der Waals surface area contributed by atoms with Crippen LogP contribution in [0.2, 0.25) is 5.02 Å². The number of halogens is 1. The maximum atomic E-state index is 12.5. The fraction of sp³-hybridized carbons (Fsp3) is 0.263. The standard InChI is InChI=1S/C19H19ClN6O/c20-15-12-22-19(26-9-1-2-10-26)24-17(15)18(27)21-11-13-3-5-14(6-4-13)16-7-8-23-25-16/h3-8,12H,1-2,9-11H2,(H,21,27)(H,23,25). The highest BCUT2D eigenvalue weighted by molar-refractivity contribution is 6.33. The highest BCUT2D eigenvalue weighted by Gasteiger charge is 2.19. The molecule has 0 bridgehead atoms. The SMILES string of the molecule is O=C(NCc1ccc(-c2ccn[nH]2)cc1)c1nc(N2CCCC2)ncc1Cl. The van der Waals surface area contributed by atoms with Crippen LogP contribution in [0.5, 0.6) is 0 Å². The first-order valence-corrected chi connectivity index (χ1v) is 9.23. The van der Waals surface area contributed by atoms with Gasteiger partial charge in [0.15, 0.2) is 5.69 Å². The Balaban J connectivity index is 1.42. The predicted octanol–water partition coefficient (Wildman–Crippen LogP) is 3.05. The second-order valence-corrected chi connectivity index (χ2v) is 6.82. The van der Waals surface area contributed by atoms with Gasteiger partial charge < -0.3 is 10.2 Å². The zero-order chi connectivity index (χ0) is 18.6. The van der Waals surface area contributed by atoms with Gasteiger partial charge in [-0.2, -0.15) is 5.10 Å². The number of anilines is 1. The molecule has 3 heterocycles. The molecular formula is C19H19ClN6O. The summed E-state index contributed by atoms with van der Waals surface area (Å²) in [5.41, 5.74) is 3.18. The molecule has 0 saturated carbocycles. The number of carbonyl (C=O) groups excluding carboxylic acids is 1. The van der Waals surface area contributed by atoms with Crippen LogP contribution in [-0.4, -0.2) is 39.2 Å². The Morgan fingerprint density at radius 1 is 1.19 bits per heavy atom. The number of H-pyrrole nitrogens is 1. The molecule has 1 aliphatic heterocycles. The monoisotopic (exact) mass is 382 g/mol. The second kappa shape index (κ2) is 7.75. The van der Waals surface area contributed by atoms with E-state index < -0.39 is 0 Å². The van der Waals surface area contributed by atoms with Gasteiger partial charge in [0, 0.05) is 25.8 Å². The molecular weight excluding hydrogens is 364 g/mol. The number of aromatic amines is 1. The van der Waals surface area contributed by atoms with Crippen molar-refractivity contribution >= 4 is 23.5 Å². The highest BCUT2D eigenvalue weighted by Crippen LogP contribution is 2.20. The van der Waals surface area contributed by atoms with Gasteiger partial charge in [0.05, 0.1) is 16.9 Å². The topological polar surface area (TPSA) is 86.8 Å². The fourth-order valence-corrected chi connectivity index (χ4v) is 3.25. The van der Waals surface area contributed by atoms with E-state index in [4.69, 9.17) is 11.6 Å². The van der Waals surface area contributed by atoms with E-state index in [1.165, 1.54) is 6.20 Å². The van der Waals surface area contributed by atoms with Gasteiger partial charge in [-0.25, -0.2) is 9.97 Å². The van der Waals surface area contributed by atoms with Gasteiger partial charge in [0.25, 0.3) is 5.91 Å². The molecule has 1 fully saturated rings. The van der Waals surface area contributed by atoms with Crippen LogP contribution >= 0.6 is 11.6 Å². The normalized spacial score (nSPS) is 13.7. The lowest BCUT2D eigenvalue weighted by Crippen LogP contribution is -2.26. The van der Waals surface area contributed by atoms with Crippen LogP contribution in [0.1, 0.15) is 28.9 Å². The third kappa shape index (κ3) is 3.93. The summed E-state index contributed by atoms with van der Waals surface area (Å²) in [4.78, 5) is 23.2. The molecule has 0 atom stereocenters. The smallest absolute Gasteiger partial charge is 0.271 e. The van der Waals surface area contributed by atoms with Crippen molar-refractivity contribution in [3.63, 3.8) is 0 Å². The van der Waals surface area contributed by atoms with Crippen LogP contribution in [0, 0.1) is 0 Å². The number of carbonyl (C=O) groups is 1. The number of hydrogen-bond acceptors (Lipinski definition) is 5. The van der Waals surface area contributed by atoms with Crippen LogP contribution in [0.15, 0.2) is 42.7 Å². The van der Waals surface area contributed by atoms with Crippen molar-refractivity contribution in [2.24, 2.45) is 0 Å². The first-order chi connectivity index (χ1) is 13.2. The third-order valence-corrected chi connectivity index (χ3v) is 4.83. The number of rotatable bonds is 5. The van der Waals surface area contributed by atoms with Crippen molar-refractivity contribution in [1.29, 1.82) is 0 Å². The number of nitrogens with one attached hydrogen (secondary N) is 2. The van der Waals surface area contributed by atoms with E-state index >= 15 is 0 Å². The van der Waals surface area contributed by atoms with Gasteiger partial charge in [-0.05, 0) is 30.0 Å². The van der Waals surface area contributed by atoms with Gasteiger partial charge in [-0.3, -0.25) is 9.89 Å². The number of aromatic nitrogens is 4. The second-order valence-electron chi connectivity index (χ2n) is 6.41. The summed E-state index contributed by atoms with van der Waals surface area (Å²) in [7, 11) is 0. The van der Waals surface area contributed by atoms with Gasteiger partial charge in [0.2, 0.25) is 5.95 Å². The van der Waals surface area contributed by atoms with Gasteiger partial charge in [-0.1, -0.05) is 35.9 Å². The van der Waals surface area contributed by atoms with Crippen LogP contribution < -0.4 is 10.2 Å². The molecule has 3 aromatic rings. The maximum absolute atomic E-state index is 12.5. The van der Waals surface area contributed by atoms with Crippen LogP contribution in [0.4, 0.5) is 5.95 Å². The molecule has 0 radical (unpaired) electrons. The number of nitrogens with zero attached hydrogens (tertiary/aromatic N) is 4. The molecule has 4 rings (SSSR count). The summed E-state index contributed by atoms with van der Waals surface area (Å²) >= 11 is 6.14. The summed E-state index contributed by atoms with van der Waals surface area (Å²) < 4.78 is 0. The Bertz CT molecular complexity index is 920. The summed E-state index contributed by atoms with van der Waals surface area (Å²) in [5, 5.41) is 10.0. The molecule has 1 aliphatic rings. The van der Waals surface area contributed by atoms with Crippen molar-refractivity contribution in [3.05, 3.63) is 59.0 Å². The molecule has 0 aliphatic carbocycles. The van der Waals surface area contributed by atoms with Crippen LogP contribution in [0.25, 0.3) is 11.3 Å². The first-order valence-electron chi connectivity index (χ1n) is 8.85. The molecule has 0 unspecified atom stereocenters. The molecule has 0 spiro atoms. The third-order valence-electron chi connectivity index (χ3n) is 4.55. The predicted molar refractivity (Wildman–Crippen MR) is 104 cm³/mol. The maximum Gasteiger partial charge on any atom is 0.271 e. The molecule has 2 N–H and O–H groups in total. The van der Waals surface area contributed by atoms with Crippen LogP contribution in [-0.2, 0) is 6.54 Å². The largest absolute Gasteiger partial charge is 0.347 e. The molecule has 1 amide bonds. The lowest BCUT2D eigenvalue weighted by Gasteiger charge is -2.16. The summed E-state index contributed by atoms with van der Waals surface area (Å²) in [6.45, 7) is 2.21. The molecule has 1 saturated heterocycles. The molecule has 2 aromatic heterocycles. The zero-order valence-corrected chi connectivity index (χ0v) is 15.4. The van der Waals surface area contributed by atoms with Crippen molar-refractivity contribution in [3.8, 4) is 11.3 Å². The Kier molecular flexibility index (Phi) is 5.02. The molecule has 1 aromatic carbocycles. The van der Waals surface area contributed by atoms with Gasteiger partial charge in [-0.15, -0.1) is 0 Å². The van der Waals surface area contributed by atoms with E-state index in [0.29, 0.717) is 12.5 Å². The van der Waals surface area contributed by atoms with Gasteiger partial charge >= 0.3 is 0 Å². The lowest BCUT2D eigenvalue weighted by molar-refractivity contribution is 0.0946. The Morgan fingerprint density at radius 3 is 2.67 bits per heavy atom. The number of amides is 1. The van der Waals surface area contributed by atoms with Crippen molar-refractivity contribution < 1.29 is 4.79 Å².